The Morgan fingerprint density at radius 2 is 2.25 bits per heavy atom. The summed E-state index contributed by atoms with van der Waals surface area (Å²) in [6.45, 7) is 1.89. The molecule has 0 aliphatic heterocycles. The van der Waals surface area contributed by atoms with E-state index < -0.39 is 5.97 Å². The fraction of sp³-hybridized carbons (Fsp3) is 0.222. The smallest absolute Gasteiger partial charge is 0.307 e. The summed E-state index contributed by atoms with van der Waals surface area (Å²) >= 11 is 0. The Morgan fingerprint density at radius 1 is 1.58 bits per heavy atom. The van der Waals surface area contributed by atoms with Crippen molar-refractivity contribution in [2.24, 2.45) is 0 Å². The maximum absolute atomic E-state index is 10.3. The van der Waals surface area contributed by atoms with Gasteiger partial charge in [0.05, 0.1) is 6.42 Å². The van der Waals surface area contributed by atoms with Crippen molar-refractivity contribution >= 4 is 11.7 Å². The largest absolute Gasteiger partial charge is 0.481 e. The van der Waals surface area contributed by atoms with E-state index in [2.05, 4.69) is 0 Å². The van der Waals surface area contributed by atoms with Crippen LogP contribution in [0.15, 0.2) is 18.2 Å². The van der Waals surface area contributed by atoms with Gasteiger partial charge in [0.25, 0.3) is 0 Å². The Hall–Kier alpha value is -1.51. The maximum Gasteiger partial charge on any atom is 0.307 e. The van der Waals surface area contributed by atoms with Crippen molar-refractivity contribution in [3.63, 3.8) is 0 Å². The van der Waals surface area contributed by atoms with Crippen LogP contribution in [0.5, 0.6) is 0 Å². The van der Waals surface area contributed by atoms with Crippen LogP contribution in [0.4, 0.5) is 5.69 Å². The highest BCUT2D eigenvalue weighted by Crippen LogP contribution is 2.12. The summed E-state index contributed by atoms with van der Waals surface area (Å²) < 4.78 is 0. The van der Waals surface area contributed by atoms with Crippen LogP contribution in [0.2, 0.25) is 0 Å². The van der Waals surface area contributed by atoms with Gasteiger partial charge in [-0.3, -0.25) is 4.79 Å². The zero-order valence-electron chi connectivity index (χ0n) is 6.87. The van der Waals surface area contributed by atoms with E-state index in [1.54, 1.807) is 12.1 Å². The number of carboxylic acids is 1. The van der Waals surface area contributed by atoms with Crippen molar-refractivity contribution in [1.29, 1.82) is 0 Å². The Balaban J connectivity index is 2.89. The van der Waals surface area contributed by atoms with E-state index in [-0.39, 0.29) is 6.42 Å². The average Bonchev–Trinajstić information content (AvgIpc) is 1.96. The van der Waals surface area contributed by atoms with Crippen LogP contribution in [-0.4, -0.2) is 11.1 Å². The number of aryl methyl sites for hydroxylation is 1. The Morgan fingerprint density at radius 3 is 2.75 bits per heavy atom. The summed E-state index contributed by atoms with van der Waals surface area (Å²) in [7, 11) is 0. The second kappa shape index (κ2) is 3.26. The van der Waals surface area contributed by atoms with Gasteiger partial charge in [0, 0.05) is 5.69 Å². The van der Waals surface area contributed by atoms with Crippen molar-refractivity contribution in [1.82, 2.24) is 0 Å². The summed E-state index contributed by atoms with van der Waals surface area (Å²) in [5.41, 5.74) is 7.97. The molecule has 3 nitrogen and oxygen atoms in total. The molecule has 12 heavy (non-hydrogen) atoms. The molecule has 0 atom stereocenters. The van der Waals surface area contributed by atoms with Crippen LogP contribution in [-0.2, 0) is 11.2 Å². The molecule has 0 heterocycles. The van der Waals surface area contributed by atoms with Crippen molar-refractivity contribution in [3.8, 4) is 0 Å². The molecule has 1 aromatic rings. The lowest BCUT2D eigenvalue weighted by atomic mass is 10.1. The van der Waals surface area contributed by atoms with E-state index in [4.69, 9.17) is 10.8 Å². The molecule has 1 aromatic carbocycles. The van der Waals surface area contributed by atoms with Crippen molar-refractivity contribution in [2.45, 2.75) is 13.3 Å². The quantitative estimate of drug-likeness (QED) is 0.647. The first-order valence-corrected chi connectivity index (χ1v) is 3.66. The Labute approximate surface area is 70.8 Å². The molecule has 0 aliphatic rings. The van der Waals surface area contributed by atoms with E-state index in [1.807, 2.05) is 13.0 Å². The number of aliphatic carboxylic acids is 1. The first-order valence-electron chi connectivity index (χ1n) is 3.66. The second-order valence-electron chi connectivity index (χ2n) is 2.76. The molecular weight excluding hydrogens is 154 g/mol. The van der Waals surface area contributed by atoms with Crippen LogP contribution in [0.25, 0.3) is 0 Å². The number of hydrogen-bond donors (Lipinski definition) is 2. The van der Waals surface area contributed by atoms with Gasteiger partial charge in [0.15, 0.2) is 0 Å². The maximum atomic E-state index is 10.3. The summed E-state index contributed by atoms with van der Waals surface area (Å²) in [4.78, 5) is 10.3. The van der Waals surface area contributed by atoms with Gasteiger partial charge in [-0.05, 0) is 24.1 Å². The number of anilines is 1. The van der Waals surface area contributed by atoms with Crippen LogP contribution in [0.1, 0.15) is 11.1 Å². The lowest BCUT2D eigenvalue weighted by molar-refractivity contribution is -0.136. The second-order valence-corrected chi connectivity index (χ2v) is 2.76. The SMILES string of the molecule is Cc1ccc(CC(=O)O)cc1N. The van der Waals surface area contributed by atoms with Gasteiger partial charge in [-0.15, -0.1) is 0 Å². The fourth-order valence-corrected chi connectivity index (χ4v) is 0.975. The van der Waals surface area contributed by atoms with Crippen LogP contribution >= 0.6 is 0 Å². The number of nitrogen functional groups attached to an aromatic ring is 1. The normalized spacial score (nSPS) is 9.75. The molecule has 0 amide bonds. The molecule has 0 aliphatic carbocycles. The number of benzene rings is 1. The van der Waals surface area contributed by atoms with Gasteiger partial charge >= 0.3 is 5.97 Å². The number of carbonyl (C=O) groups is 1. The van der Waals surface area contributed by atoms with Gasteiger partial charge in [0.2, 0.25) is 0 Å². The predicted octanol–water partition coefficient (Wildman–Crippen LogP) is 1.20. The van der Waals surface area contributed by atoms with Crippen LogP contribution < -0.4 is 5.73 Å². The molecule has 0 unspecified atom stereocenters. The van der Waals surface area contributed by atoms with Crippen LogP contribution in [0.3, 0.4) is 0 Å². The third kappa shape index (κ3) is 1.99. The van der Waals surface area contributed by atoms with E-state index in [9.17, 15) is 4.79 Å². The van der Waals surface area contributed by atoms with E-state index in [1.165, 1.54) is 0 Å². The molecule has 1 rings (SSSR count). The lowest BCUT2D eigenvalue weighted by Gasteiger charge is -2.01. The highest BCUT2D eigenvalue weighted by Gasteiger charge is 2.01. The topological polar surface area (TPSA) is 63.3 Å². The van der Waals surface area contributed by atoms with Gasteiger partial charge in [-0.25, -0.2) is 0 Å². The molecule has 0 fully saturated rings. The molecular formula is C9H11NO2. The highest BCUT2D eigenvalue weighted by molar-refractivity contribution is 5.70. The molecule has 0 aromatic heterocycles. The molecule has 0 spiro atoms. The molecule has 0 saturated heterocycles. The van der Waals surface area contributed by atoms with Gasteiger partial charge < -0.3 is 10.8 Å². The van der Waals surface area contributed by atoms with Crippen molar-refractivity contribution < 1.29 is 9.90 Å². The zero-order valence-corrected chi connectivity index (χ0v) is 6.87. The third-order valence-electron chi connectivity index (χ3n) is 1.70. The molecule has 0 saturated carbocycles. The van der Waals surface area contributed by atoms with Crippen molar-refractivity contribution in [2.75, 3.05) is 5.73 Å². The first kappa shape index (κ1) is 8.59. The highest BCUT2D eigenvalue weighted by atomic mass is 16.4. The van der Waals surface area contributed by atoms with Gasteiger partial charge in [-0.2, -0.15) is 0 Å². The number of carboxylic acid groups (broad SMARTS) is 1. The lowest BCUT2D eigenvalue weighted by Crippen LogP contribution is -2.01. The summed E-state index contributed by atoms with van der Waals surface area (Å²) in [5.74, 6) is -0.835. The number of rotatable bonds is 2. The molecule has 3 heteroatoms. The number of nitrogens with two attached hydrogens (primary N) is 1. The third-order valence-corrected chi connectivity index (χ3v) is 1.70. The predicted molar refractivity (Wildman–Crippen MR) is 46.9 cm³/mol. The zero-order chi connectivity index (χ0) is 9.14. The fourth-order valence-electron chi connectivity index (χ4n) is 0.975. The van der Waals surface area contributed by atoms with Crippen LogP contribution in [0, 0.1) is 6.92 Å². The monoisotopic (exact) mass is 165 g/mol. The van der Waals surface area contributed by atoms with E-state index in [0.29, 0.717) is 5.69 Å². The number of hydrogen-bond acceptors (Lipinski definition) is 2. The molecule has 0 radical (unpaired) electrons. The van der Waals surface area contributed by atoms with Gasteiger partial charge in [0.1, 0.15) is 0 Å². The first-order chi connectivity index (χ1) is 5.59. The van der Waals surface area contributed by atoms with Crippen molar-refractivity contribution in [3.05, 3.63) is 29.3 Å². The summed E-state index contributed by atoms with van der Waals surface area (Å²) in [6, 6.07) is 5.30. The Kier molecular flexibility index (Phi) is 2.33. The minimum Gasteiger partial charge on any atom is -0.481 e. The summed E-state index contributed by atoms with van der Waals surface area (Å²) in [6.07, 6.45) is 0.0322. The van der Waals surface area contributed by atoms with E-state index in [0.717, 1.165) is 11.1 Å². The minimum absolute atomic E-state index is 0.0322. The molecule has 0 bridgehead atoms. The Bertz CT molecular complexity index is 307. The molecule has 3 N–H and O–H groups in total. The minimum atomic E-state index is -0.835. The standard InChI is InChI=1S/C9H11NO2/c1-6-2-3-7(4-8(6)10)5-9(11)12/h2-4H,5,10H2,1H3,(H,11,12). The van der Waals surface area contributed by atoms with E-state index >= 15 is 0 Å². The summed E-state index contributed by atoms with van der Waals surface area (Å²) in [5, 5.41) is 8.49. The van der Waals surface area contributed by atoms with Gasteiger partial charge in [-0.1, -0.05) is 12.1 Å². The average molecular weight is 165 g/mol. The molecule has 64 valence electrons.